The minimum atomic E-state index is -0.509. The van der Waals surface area contributed by atoms with Crippen LogP contribution < -0.4 is 5.32 Å². The molecule has 0 radical (unpaired) electrons. The number of methoxy groups -OCH3 is 1. The van der Waals surface area contributed by atoms with E-state index in [9.17, 15) is 4.79 Å². The van der Waals surface area contributed by atoms with E-state index in [1.807, 2.05) is 25.6 Å². The third-order valence-electron chi connectivity index (χ3n) is 4.57. The first kappa shape index (κ1) is 16.3. The van der Waals surface area contributed by atoms with Crippen molar-refractivity contribution >= 4 is 17.7 Å². The maximum Gasteiger partial charge on any atom is 0.326 e. The Morgan fingerprint density at radius 1 is 1.57 bits per heavy atom. The maximum absolute atomic E-state index is 12.2. The third-order valence-corrected chi connectivity index (χ3v) is 5.62. The second-order valence-corrected chi connectivity index (χ2v) is 6.59. The van der Waals surface area contributed by atoms with Crippen molar-refractivity contribution in [1.82, 2.24) is 20.1 Å². The van der Waals surface area contributed by atoms with E-state index in [4.69, 9.17) is 4.74 Å². The molecule has 0 bridgehead atoms. The van der Waals surface area contributed by atoms with E-state index >= 15 is 0 Å². The van der Waals surface area contributed by atoms with E-state index in [1.165, 1.54) is 7.11 Å². The Morgan fingerprint density at radius 2 is 2.33 bits per heavy atom. The zero-order valence-electron chi connectivity index (χ0n) is 13.2. The quantitative estimate of drug-likeness (QED) is 0.635. The monoisotopic (exact) mass is 312 g/mol. The van der Waals surface area contributed by atoms with Gasteiger partial charge in [0, 0.05) is 12.8 Å². The molecule has 1 aliphatic rings. The van der Waals surface area contributed by atoms with Crippen LogP contribution in [0.25, 0.3) is 0 Å². The van der Waals surface area contributed by atoms with Gasteiger partial charge in [0.1, 0.15) is 11.4 Å². The van der Waals surface area contributed by atoms with Crippen LogP contribution in [0.4, 0.5) is 0 Å². The average molecular weight is 312 g/mol. The largest absolute Gasteiger partial charge is 0.468 e. The number of aromatic nitrogens is 3. The summed E-state index contributed by atoms with van der Waals surface area (Å²) in [4.78, 5) is 12.2. The second-order valence-electron chi connectivity index (χ2n) is 5.53. The van der Waals surface area contributed by atoms with Crippen molar-refractivity contribution in [3.63, 3.8) is 0 Å². The van der Waals surface area contributed by atoms with Crippen molar-refractivity contribution in [3.8, 4) is 0 Å². The number of nitrogens with one attached hydrogen (secondary N) is 1. The van der Waals surface area contributed by atoms with Crippen LogP contribution in [0.5, 0.6) is 0 Å². The van der Waals surface area contributed by atoms with E-state index in [0.717, 1.165) is 42.4 Å². The summed E-state index contributed by atoms with van der Waals surface area (Å²) in [5.41, 5.74) is -0.509. The summed E-state index contributed by atoms with van der Waals surface area (Å²) < 4.78 is 7.00. The van der Waals surface area contributed by atoms with Gasteiger partial charge >= 0.3 is 5.97 Å². The standard InChI is InChI=1S/C14H24N4O2S/c1-10-16-17-13(18(10)3)21-9-7-11-6-5-8-14(11,15-2)12(19)20-4/h11,15H,5-9H2,1-4H3. The SMILES string of the molecule is CNC1(C(=O)OC)CCCC1CCSc1nnc(C)n1C. The first-order valence-corrected chi connectivity index (χ1v) is 8.30. The molecule has 6 nitrogen and oxygen atoms in total. The van der Waals surface area contributed by atoms with Gasteiger partial charge in [-0.3, -0.25) is 4.79 Å². The van der Waals surface area contributed by atoms with Crippen LogP contribution in [0.3, 0.4) is 0 Å². The van der Waals surface area contributed by atoms with E-state index in [-0.39, 0.29) is 5.97 Å². The molecule has 1 fully saturated rings. The van der Waals surface area contributed by atoms with Crippen molar-refractivity contribution in [2.45, 2.75) is 43.3 Å². The fourth-order valence-electron chi connectivity index (χ4n) is 3.16. The van der Waals surface area contributed by atoms with E-state index < -0.39 is 5.54 Å². The lowest BCUT2D eigenvalue weighted by molar-refractivity contribution is -0.150. The number of carbonyl (C=O) groups is 1. The van der Waals surface area contributed by atoms with Crippen LogP contribution in [-0.2, 0) is 16.6 Å². The molecule has 1 aliphatic carbocycles. The summed E-state index contributed by atoms with van der Waals surface area (Å²) in [7, 11) is 5.29. The van der Waals surface area contributed by atoms with Gasteiger partial charge in [-0.1, -0.05) is 18.2 Å². The number of esters is 1. The fourth-order valence-corrected chi connectivity index (χ4v) is 4.17. The average Bonchev–Trinajstić information content (AvgIpc) is 3.05. The predicted molar refractivity (Wildman–Crippen MR) is 82.2 cm³/mol. The third kappa shape index (κ3) is 3.08. The molecule has 2 rings (SSSR count). The Kier molecular flexibility index (Phi) is 5.27. The summed E-state index contributed by atoms with van der Waals surface area (Å²) in [6, 6.07) is 0. The number of carbonyl (C=O) groups excluding carboxylic acids is 1. The van der Waals surface area contributed by atoms with Crippen LogP contribution in [0.1, 0.15) is 31.5 Å². The van der Waals surface area contributed by atoms with E-state index in [0.29, 0.717) is 5.92 Å². The van der Waals surface area contributed by atoms with Gasteiger partial charge in [0.15, 0.2) is 5.16 Å². The fraction of sp³-hybridized carbons (Fsp3) is 0.786. The molecule has 118 valence electrons. The zero-order chi connectivity index (χ0) is 15.5. The summed E-state index contributed by atoms with van der Waals surface area (Å²) in [5, 5.41) is 12.4. The first-order valence-electron chi connectivity index (χ1n) is 7.31. The molecule has 2 unspecified atom stereocenters. The van der Waals surface area contributed by atoms with Crippen LogP contribution in [0.15, 0.2) is 5.16 Å². The number of likely N-dealkylation sites (N-methyl/N-ethyl adjacent to an activating group) is 1. The number of hydrogen-bond donors (Lipinski definition) is 1. The molecule has 1 N–H and O–H groups in total. The van der Waals surface area contributed by atoms with Crippen LogP contribution >= 0.6 is 11.8 Å². The van der Waals surface area contributed by atoms with Gasteiger partial charge in [-0.15, -0.1) is 10.2 Å². The van der Waals surface area contributed by atoms with Gasteiger partial charge in [0.2, 0.25) is 0 Å². The zero-order valence-corrected chi connectivity index (χ0v) is 14.0. The summed E-state index contributed by atoms with van der Waals surface area (Å²) in [6.45, 7) is 1.94. The molecule has 1 aromatic rings. The van der Waals surface area contributed by atoms with Crippen molar-refractivity contribution in [3.05, 3.63) is 5.82 Å². The van der Waals surface area contributed by atoms with Crippen LogP contribution in [0.2, 0.25) is 0 Å². The van der Waals surface area contributed by atoms with Crippen LogP contribution in [0, 0.1) is 12.8 Å². The highest BCUT2D eigenvalue weighted by Gasteiger charge is 2.48. The Hall–Kier alpha value is -1.08. The molecule has 0 aliphatic heterocycles. The van der Waals surface area contributed by atoms with Crippen molar-refractivity contribution in [2.24, 2.45) is 13.0 Å². The van der Waals surface area contributed by atoms with Gasteiger partial charge in [0.25, 0.3) is 0 Å². The summed E-state index contributed by atoms with van der Waals surface area (Å²) in [6.07, 6.45) is 3.95. The maximum atomic E-state index is 12.2. The second kappa shape index (κ2) is 6.79. The van der Waals surface area contributed by atoms with Gasteiger partial charge in [0.05, 0.1) is 7.11 Å². The highest BCUT2D eigenvalue weighted by atomic mass is 32.2. The highest BCUT2D eigenvalue weighted by Crippen LogP contribution is 2.39. The van der Waals surface area contributed by atoms with Gasteiger partial charge in [-0.25, -0.2) is 0 Å². The van der Waals surface area contributed by atoms with Crippen molar-refractivity contribution < 1.29 is 9.53 Å². The molecule has 0 amide bonds. The smallest absolute Gasteiger partial charge is 0.326 e. The first-order chi connectivity index (χ1) is 10.0. The molecule has 0 saturated heterocycles. The molecule has 0 spiro atoms. The lowest BCUT2D eigenvalue weighted by Crippen LogP contribution is -2.53. The lowest BCUT2D eigenvalue weighted by atomic mass is 9.85. The molecule has 2 atom stereocenters. The number of hydrogen-bond acceptors (Lipinski definition) is 6. The number of rotatable bonds is 6. The number of ether oxygens (including phenoxy) is 1. The topological polar surface area (TPSA) is 69.0 Å². The molecule has 1 heterocycles. The predicted octanol–water partition coefficient (Wildman–Crippen LogP) is 1.54. The Labute approximate surface area is 130 Å². The lowest BCUT2D eigenvalue weighted by Gasteiger charge is -2.32. The van der Waals surface area contributed by atoms with Gasteiger partial charge in [-0.2, -0.15) is 0 Å². The number of aryl methyl sites for hydroxylation is 1. The van der Waals surface area contributed by atoms with Crippen molar-refractivity contribution in [1.29, 1.82) is 0 Å². The van der Waals surface area contributed by atoms with E-state index in [2.05, 4.69) is 15.5 Å². The van der Waals surface area contributed by atoms with Crippen LogP contribution in [-0.4, -0.2) is 46.2 Å². The highest BCUT2D eigenvalue weighted by molar-refractivity contribution is 7.99. The molecular weight excluding hydrogens is 288 g/mol. The Morgan fingerprint density at radius 3 is 2.90 bits per heavy atom. The molecule has 1 aromatic heterocycles. The van der Waals surface area contributed by atoms with Crippen molar-refractivity contribution in [2.75, 3.05) is 19.9 Å². The molecule has 7 heteroatoms. The van der Waals surface area contributed by atoms with E-state index in [1.54, 1.807) is 11.8 Å². The minimum absolute atomic E-state index is 0.132. The molecule has 21 heavy (non-hydrogen) atoms. The molecular formula is C14H24N4O2S. The number of thioether (sulfide) groups is 1. The summed E-state index contributed by atoms with van der Waals surface area (Å²) >= 11 is 1.69. The Bertz CT molecular complexity index is 505. The van der Waals surface area contributed by atoms with Gasteiger partial charge < -0.3 is 14.6 Å². The number of nitrogens with zero attached hydrogens (tertiary/aromatic N) is 3. The summed E-state index contributed by atoms with van der Waals surface area (Å²) in [5.74, 6) is 2.03. The Balaban J connectivity index is 1.95. The molecule has 1 saturated carbocycles. The van der Waals surface area contributed by atoms with Gasteiger partial charge in [-0.05, 0) is 39.2 Å². The minimum Gasteiger partial charge on any atom is -0.468 e. The normalized spacial score (nSPS) is 25.2. The molecule has 0 aromatic carbocycles.